The van der Waals surface area contributed by atoms with Gasteiger partial charge in [-0.15, -0.1) is 0 Å². The number of carbonyl (C=O) groups is 2. The molecule has 2 aliphatic heterocycles. The van der Waals surface area contributed by atoms with Crippen LogP contribution in [0, 0.1) is 0 Å². The lowest BCUT2D eigenvalue weighted by Gasteiger charge is -2.43. The van der Waals surface area contributed by atoms with Crippen molar-refractivity contribution in [3.05, 3.63) is 29.0 Å². The molecule has 2 amide bonds. The number of halogens is 1. The molecule has 0 aromatic carbocycles. The number of pyridine rings is 1. The van der Waals surface area contributed by atoms with Crippen molar-refractivity contribution in [2.75, 3.05) is 58.9 Å². The molecule has 28 heavy (non-hydrogen) atoms. The van der Waals surface area contributed by atoms with Gasteiger partial charge in [0, 0.05) is 70.2 Å². The molecular formula is C20H28ClN5O2. The van der Waals surface area contributed by atoms with Crippen molar-refractivity contribution >= 4 is 23.4 Å². The van der Waals surface area contributed by atoms with Gasteiger partial charge in [-0.05, 0) is 25.0 Å². The first-order chi connectivity index (χ1) is 13.6. The molecule has 0 spiro atoms. The van der Waals surface area contributed by atoms with Crippen LogP contribution in [-0.4, -0.2) is 101 Å². The minimum atomic E-state index is -0.0256. The average molecular weight is 406 g/mol. The summed E-state index contributed by atoms with van der Waals surface area (Å²) in [7, 11) is 0. The van der Waals surface area contributed by atoms with Crippen molar-refractivity contribution in [1.29, 1.82) is 0 Å². The number of nitrogens with zero attached hydrogens (tertiary/aromatic N) is 5. The van der Waals surface area contributed by atoms with Crippen LogP contribution in [0.4, 0.5) is 0 Å². The minimum absolute atomic E-state index is 0.0256. The van der Waals surface area contributed by atoms with Gasteiger partial charge in [0.05, 0.1) is 6.54 Å². The zero-order chi connectivity index (χ0) is 19.5. The van der Waals surface area contributed by atoms with Crippen LogP contribution in [0.25, 0.3) is 0 Å². The molecule has 1 aliphatic carbocycles. The molecule has 4 rings (SSSR count). The lowest BCUT2D eigenvalue weighted by atomic mass is 9.91. The Morgan fingerprint density at radius 3 is 2.29 bits per heavy atom. The van der Waals surface area contributed by atoms with E-state index in [4.69, 9.17) is 11.6 Å². The van der Waals surface area contributed by atoms with E-state index in [0.717, 1.165) is 45.3 Å². The number of amides is 2. The van der Waals surface area contributed by atoms with Crippen LogP contribution in [0.2, 0.25) is 5.15 Å². The molecule has 0 N–H and O–H groups in total. The number of rotatable bonds is 4. The molecule has 0 unspecified atom stereocenters. The molecule has 7 nitrogen and oxygen atoms in total. The highest BCUT2D eigenvalue weighted by atomic mass is 35.5. The number of hydrogen-bond donors (Lipinski definition) is 0. The molecule has 2 saturated heterocycles. The van der Waals surface area contributed by atoms with E-state index in [0.29, 0.717) is 30.4 Å². The van der Waals surface area contributed by atoms with Gasteiger partial charge in [-0.2, -0.15) is 0 Å². The van der Waals surface area contributed by atoms with Crippen LogP contribution in [0.3, 0.4) is 0 Å². The van der Waals surface area contributed by atoms with Crippen molar-refractivity contribution in [2.45, 2.75) is 25.3 Å². The fourth-order valence-corrected chi connectivity index (χ4v) is 4.38. The van der Waals surface area contributed by atoms with Crippen molar-refractivity contribution in [3.8, 4) is 0 Å². The summed E-state index contributed by atoms with van der Waals surface area (Å²) in [6.07, 6.45) is 5.55. The monoisotopic (exact) mass is 405 g/mol. The number of hydrogen-bond acceptors (Lipinski definition) is 5. The highest BCUT2D eigenvalue weighted by molar-refractivity contribution is 6.29. The standard InChI is InChI=1S/C20H28ClN5O2/c21-18-14-16(4-5-22-18)20(28)26-8-6-23(7-9-26)15-19(27)25-12-10-24(11-13-25)17-2-1-3-17/h4-5,14,17H,1-3,6-13,15H2. The van der Waals surface area contributed by atoms with E-state index in [2.05, 4.69) is 14.8 Å². The highest BCUT2D eigenvalue weighted by Crippen LogP contribution is 2.25. The second-order valence-corrected chi connectivity index (χ2v) is 8.32. The van der Waals surface area contributed by atoms with E-state index in [1.807, 2.05) is 9.80 Å². The molecule has 152 valence electrons. The SMILES string of the molecule is O=C(CN1CCN(C(=O)c2ccnc(Cl)c2)CC1)N1CCN(C2CCC2)CC1. The summed E-state index contributed by atoms with van der Waals surface area (Å²) in [4.78, 5) is 37.7. The zero-order valence-corrected chi connectivity index (χ0v) is 17.0. The molecule has 8 heteroatoms. The summed E-state index contributed by atoms with van der Waals surface area (Å²) >= 11 is 5.88. The van der Waals surface area contributed by atoms with Crippen molar-refractivity contribution in [2.24, 2.45) is 0 Å². The minimum Gasteiger partial charge on any atom is -0.339 e. The van der Waals surface area contributed by atoms with Crippen LogP contribution in [0.15, 0.2) is 18.3 Å². The fraction of sp³-hybridized carbons (Fsp3) is 0.650. The van der Waals surface area contributed by atoms with E-state index in [1.54, 1.807) is 18.3 Å². The summed E-state index contributed by atoms with van der Waals surface area (Å²) in [5.41, 5.74) is 0.564. The second-order valence-electron chi connectivity index (χ2n) is 7.94. The lowest BCUT2D eigenvalue weighted by Crippen LogP contribution is -2.56. The van der Waals surface area contributed by atoms with E-state index in [-0.39, 0.29) is 11.8 Å². The summed E-state index contributed by atoms with van der Waals surface area (Å²) in [6, 6.07) is 4.05. The molecule has 1 saturated carbocycles. The molecule has 0 radical (unpaired) electrons. The van der Waals surface area contributed by atoms with Gasteiger partial charge in [-0.3, -0.25) is 19.4 Å². The molecule has 3 aliphatic rings. The van der Waals surface area contributed by atoms with Gasteiger partial charge < -0.3 is 9.80 Å². The first kappa shape index (κ1) is 19.6. The average Bonchev–Trinajstić information content (AvgIpc) is 2.67. The third-order valence-electron chi connectivity index (χ3n) is 6.25. The summed E-state index contributed by atoms with van der Waals surface area (Å²) < 4.78 is 0. The Balaban J connectivity index is 1.21. The predicted molar refractivity (Wildman–Crippen MR) is 107 cm³/mol. The van der Waals surface area contributed by atoms with Crippen LogP contribution in [0.1, 0.15) is 29.6 Å². The van der Waals surface area contributed by atoms with Gasteiger partial charge in [0.25, 0.3) is 5.91 Å². The van der Waals surface area contributed by atoms with Crippen LogP contribution in [-0.2, 0) is 4.79 Å². The largest absolute Gasteiger partial charge is 0.339 e. The number of carbonyl (C=O) groups excluding carboxylic acids is 2. The molecular weight excluding hydrogens is 378 g/mol. The Morgan fingerprint density at radius 2 is 1.68 bits per heavy atom. The van der Waals surface area contributed by atoms with E-state index < -0.39 is 0 Å². The fourth-order valence-electron chi connectivity index (χ4n) is 4.21. The maximum Gasteiger partial charge on any atom is 0.254 e. The van der Waals surface area contributed by atoms with E-state index in [9.17, 15) is 9.59 Å². The smallest absolute Gasteiger partial charge is 0.254 e. The Labute approximate surface area is 171 Å². The van der Waals surface area contributed by atoms with Gasteiger partial charge in [-0.25, -0.2) is 4.98 Å². The van der Waals surface area contributed by atoms with Gasteiger partial charge in [0.15, 0.2) is 0 Å². The van der Waals surface area contributed by atoms with Crippen molar-refractivity contribution in [1.82, 2.24) is 24.6 Å². The first-order valence-electron chi connectivity index (χ1n) is 10.2. The normalized spacial score (nSPS) is 22.2. The topological polar surface area (TPSA) is 60.0 Å². The zero-order valence-electron chi connectivity index (χ0n) is 16.2. The predicted octanol–water partition coefficient (Wildman–Crippen LogP) is 1.19. The summed E-state index contributed by atoms with van der Waals surface area (Å²) in [6.45, 7) is 6.85. The van der Waals surface area contributed by atoms with Crippen molar-refractivity contribution in [3.63, 3.8) is 0 Å². The number of aromatic nitrogens is 1. The van der Waals surface area contributed by atoms with Crippen LogP contribution >= 0.6 is 11.6 Å². The maximum absolute atomic E-state index is 12.7. The molecule has 0 bridgehead atoms. The lowest BCUT2D eigenvalue weighted by molar-refractivity contribution is -0.135. The van der Waals surface area contributed by atoms with E-state index >= 15 is 0 Å². The van der Waals surface area contributed by atoms with Gasteiger partial charge in [0.2, 0.25) is 5.91 Å². The van der Waals surface area contributed by atoms with Gasteiger partial charge in [-0.1, -0.05) is 18.0 Å². The maximum atomic E-state index is 12.7. The Kier molecular flexibility index (Phi) is 6.13. The third-order valence-corrected chi connectivity index (χ3v) is 6.46. The van der Waals surface area contributed by atoms with Gasteiger partial charge >= 0.3 is 0 Å². The van der Waals surface area contributed by atoms with Crippen LogP contribution in [0.5, 0.6) is 0 Å². The highest BCUT2D eigenvalue weighted by Gasteiger charge is 2.30. The molecule has 3 fully saturated rings. The summed E-state index contributed by atoms with van der Waals surface area (Å²) in [5, 5.41) is 0.326. The quantitative estimate of drug-likeness (QED) is 0.704. The second kappa shape index (κ2) is 8.76. The molecule has 1 aromatic heterocycles. The van der Waals surface area contributed by atoms with E-state index in [1.165, 1.54) is 19.3 Å². The first-order valence-corrected chi connectivity index (χ1v) is 10.6. The molecule has 0 atom stereocenters. The van der Waals surface area contributed by atoms with Gasteiger partial charge in [0.1, 0.15) is 5.15 Å². The molecule has 1 aromatic rings. The Bertz CT molecular complexity index is 710. The molecule has 3 heterocycles. The number of piperazine rings is 2. The Morgan fingerprint density at radius 1 is 1.00 bits per heavy atom. The van der Waals surface area contributed by atoms with Crippen LogP contribution < -0.4 is 0 Å². The van der Waals surface area contributed by atoms with Crippen molar-refractivity contribution < 1.29 is 9.59 Å². The third kappa shape index (κ3) is 4.47. The summed E-state index contributed by atoms with van der Waals surface area (Å²) in [5.74, 6) is 0.191. The Hall–Kier alpha value is -1.70.